The number of rotatable bonds is 2. The summed E-state index contributed by atoms with van der Waals surface area (Å²) in [6.45, 7) is 5.63. The van der Waals surface area contributed by atoms with E-state index >= 15 is 0 Å². The number of nitrogens with zero attached hydrogens (tertiary/aromatic N) is 1. The number of H-pyrrole nitrogens is 1. The molecule has 1 aliphatic rings. The lowest BCUT2D eigenvalue weighted by molar-refractivity contribution is 0.354. The fourth-order valence-corrected chi connectivity index (χ4v) is 5.09. The fraction of sp³-hybridized carbons (Fsp3) is 0.438. The SMILES string of the molecule is Cc1c[nH]c(=O)c2cccc(S(=O)(=O)N3CCCNC[C@H]3C)c12. The van der Waals surface area contributed by atoms with Crippen molar-refractivity contribution in [2.75, 3.05) is 19.6 Å². The zero-order valence-corrected chi connectivity index (χ0v) is 14.1. The van der Waals surface area contributed by atoms with Crippen molar-refractivity contribution in [2.45, 2.75) is 31.2 Å². The van der Waals surface area contributed by atoms with Crippen LogP contribution in [0.1, 0.15) is 18.9 Å². The molecule has 0 radical (unpaired) electrons. The van der Waals surface area contributed by atoms with Gasteiger partial charge in [0.2, 0.25) is 10.0 Å². The van der Waals surface area contributed by atoms with Gasteiger partial charge >= 0.3 is 0 Å². The predicted molar refractivity (Wildman–Crippen MR) is 90.1 cm³/mol. The second-order valence-electron chi connectivity index (χ2n) is 6.00. The van der Waals surface area contributed by atoms with E-state index in [2.05, 4.69) is 10.3 Å². The Bertz CT molecular complexity index is 889. The van der Waals surface area contributed by atoms with Gasteiger partial charge in [0.15, 0.2) is 0 Å². The maximum Gasteiger partial charge on any atom is 0.255 e. The molecule has 6 nitrogen and oxygen atoms in total. The maximum absolute atomic E-state index is 13.2. The smallest absolute Gasteiger partial charge is 0.255 e. The Morgan fingerprint density at radius 2 is 2.09 bits per heavy atom. The summed E-state index contributed by atoms with van der Waals surface area (Å²) in [5.41, 5.74) is 0.479. The maximum atomic E-state index is 13.2. The lowest BCUT2D eigenvalue weighted by Gasteiger charge is -2.26. The molecule has 0 bridgehead atoms. The highest BCUT2D eigenvalue weighted by Crippen LogP contribution is 2.28. The Morgan fingerprint density at radius 3 is 2.87 bits per heavy atom. The number of aryl methyl sites for hydroxylation is 1. The second-order valence-corrected chi connectivity index (χ2v) is 7.86. The molecule has 0 saturated carbocycles. The Labute approximate surface area is 135 Å². The molecule has 23 heavy (non-hydrogen) atoms. The third-order valence-electron chi connectivity index (χ3n) is 4.34. The molecule has 1 aromatic carbocycles. The molecule has 1 fully saturated rings. The van der Waals surface area contributed by atoms with Crippen LogP contribution in [-0.4, -0.2) is 43.4 Å². The van der Waals surface area contributed by atoms with Gasteiger partial charge in [-0.2, -0.15) is 4.31 Å². The van der Waals surface area contributed by atoms with Gasteiger partial charge in [-0.15, -0.1) is 0 Å². The molecular weight excluding hydrogens is 314 g/mol. The number of benzene rings is 1. The van der Waals surface area contributed by atoms with Crippen molar-refractivity contribution in [3.63, 3.8) is 0 Å². The molecule has 3 rings (SSSR count). The highest BCUT2D eigenvalue weighted by Gasteiger charge is 2.31. The van der Waals surface area contributed by atoms with Crippen LogP contribution in [0.25, 0.3) is 10.8 Å². The Morgan fingerprint density at radius 1 is 1.30 bits per heavy atom. The number of aromatic amines is 1. The van der Waals surface area contributed by atoms with Crippen molar-refractivity contribution in [1.29, 1.82) is 0 Å². The monoisotopic (exact) mass is 335 g/mol. The number of fused-ring (bicyclic) bond motifs is 1. The number of nitrogens with one attached hydrogen (secondary N) is 2. The van der Waals surface area contributed by atoms with Crippen LogP contribution in [0.2, 0.25) is 0 Å². The molecule has 2 N–H and O–H groups in total. The minimum atomic E-state index is -3.66. The zero-order chi connectivity index (χ0) is 16.6. The number of pyridine rings is 1. The molecule has 0 spiro atoms. The van der Waals surface area contributed by atoms with E-state index in [0.29, 0.717) is 23.9 Å². The third-order valence-corrected chi connectivity index (χ3v) is 6.39. The van der Waals surface area contributed by atoms with Crippen molar-refractivity contribution in [3.05, 3.63) is 40.3 Å². The summed E-state index contributed by atoms with van der Waals surface area (Å²) >= 11 is 0. The molecule has 0 amide bonds. The summed E-state index contributed by atoms with van der Waals surface area (Å²) in [6.07, 6.45) is 2.34. The summed E-state index contributed by atoms with van der Waals surface area (Å²) in [6, 6.07) is 4.76. The summed E-state index contributed by atoms with van der Waals surface area (Å²) in [5, 5.41) is 4.17. The molecule has 1 atom stereocenters. The zero-order valence-electron chi connectivity index (χ0n) is 13.3. The lowest BCUT2D eigenvalue weighted by atomic mass is 10.1. The minimum Gasteiger partial charge on any atom is -0.328 e. The first kappa shape index (κ1) is 16.2. The number of sulfonamides is 1. The molecule has 1 saturated heterocycles. The highest BCUT2D eigenvalue weighted by molar-refractivity contribution is 7.89. The van der Waals surface area contributed by atoms with Gasteiger partial charge in [0.25, 0.3) is 5.56 Å². The van der Waals surface area contributed by atoms with Gasteiger partial charge in [-0.1, -0.05) is 6.07 Å². The van der Waals surface area contributed by atoms with Crippen molar-refractivity contribution < 1.29 is 8.42 Å². The molecular formula is C16H21N3O3S. The van der Waals surface area contributed by atoms with Gasteiger partial charge in [0.05, 0.1) is 4.90 Å². The topological polar surface area (TPSA) is 82.3 Å². The Kier molecular flexibility index (Phi) is 4.27. The largest absolute Gasteiger partial charge is 0.328 e. The first-order valence-electron chi connectivity index (χ1n) is 7.76. The van der Waals surface area contributed by atoms with E-state index in [0.717, 1.165) is 18.5 Å². The lowest BCUT2D eigenvalue weighted by Crippen LogP contribution is -2.41. The summed E-state index contributed by atoms with van der Waals surface area (Å²) in [7, 11) is -3.66. The van der Waals surface area contributed by atoms with Crippen LogP contribution in [0, 0.1) is 6.92 Å². The van der Waals surface area contributed by atoms with Crippen molar-refractivity contribution in [3.8, 4) is 0 Å². The van der Waals surface area contributed by atoms with Gasteiger partial charge in [0, 0.05) is 36.1 Å². The van der Waals surface area contributed by atoms with E-state index in [1.807, 2.05) is 13.8 Å². The normalized spacial score (nSPS) is 20.5. The van der Waals surface area contributed by atoms with Gasteiger partial charge < -0.3 is 10.3 Å². The Balaban J connectivity index is 2.23. The van der Waals surface area contributed by atoms with Crippen LogP contribution >= 0.6 is 0 Å². The predicted octanol–water partition coefficient (Wildman–Crippen LogP) is 1.21. The van der Waals surface area contributed by atoms with E-state index in [9.17, 15) is 13.2 Å². The van der Waals surface area contributed by atoms with Gasteiger partial charge in [-0.05, 0) is 44.5 Å². The highest BCUT2D eigenvalue weighted by atomic mass is 32.2. The molecule has 2 aromatic rings. The fourth-order valence-electron chi connectivity index (χ4n) is 3.14. The van der Waals surface area contributed by atoms with Gasteiger partial charge in [-0.3, -0.25) is 4.79 Å². The average molecular weight is 335 g/mol. The van der Waals surface area contributed by atoms with Crippen LogP contribution in [-0.2, 0) is 10.0 Å². The van der Waals surface area contributed by atoms with E-state index < -0.39 is 10.0 Å². The molecule has 7 heteroatoms. The first-order chi connectivity index (χ1) is 10.9. The van der Waals surface area contributed by atoms with Crippen LogP contribution in [0.3, 0.4) is 0 Å². The molecule has 1 aliphatic heterocycles. The molecule has 0 unspecified atom stereocenters. The van der Waals surface area contributed by atoms with Gasteiger partial charge in [-0.25, -0.2) is 8.42 Å². The van der Waals surface area contributed by atoms with Gasteiger partial charge in [0.1, 0.15) is 0 Å². The van der Waals surface area contributed by atoms with Crippen molar-refractivity contribution in [2.24, 2.45) is 0 Å². The first-order valence-corrected chi connectivity index (χ1v) is 9.20. The Hall–Kier alpha value is -1.70. The number of hydrogen-bond donors (Lipinski definition) is 2. The summed E-state index contributed by atoms with van der Waals surface area (Å²) in [5.74, 6) is 0. The molecule has 0 aliphatic carbocycles. The number of hydrogen-bond acceptors (Lipinski definition) is 4. The summed E-state index contributed by atoms with van der Waals surface area (Å²) < 4.78 is 28.0. The van der Waals surface area contributed by atoms with Crippen LogP contribution in [0.5, 0.6) is 0 Å². The quantitative estimate of drug-likeness (QED) is 0.864. The van der Waals surface area contributed by atoms with Crippen LogP contribution in [0.4, 0.5) is 0 Å². The van der Waals surface area contributed by atoms with Crippen LogP contribution < -0.4 is 10.9 Å². The third kappa shape index (κ3) is 2.80. The van der Waals surface area contributed by atoms with E-state index in [1.54, 1.807) is 28.7 Å². The second kappa shape index (κ2) is 6.07. The summed E-state index contributed by atoms with van der Waals surface area (Å²) in [4.78, 5) is 14.9. The van der Waals surface area contributed by atoms with E-state index in [1.165, 1.54) is 0 Å². The van der Waals surface area contributed by atoms with E-state index in [4.69, 9.17) is 0 Å². The minimum absolute atomic E-state index is 0.125. The van der Waals surface area contributed by atoms with Crippen LogP contribution in [0.15, 0.2) is 34.1 Å². The molecule has 1 aromatic heterocycles. The van der Waals surface area contributed by atoms with Crippen molar-refractivity contribution >= 4 is 20.8 Å². The number of aromatic nitrogens is 1. The molecule has 2 heterocycles. The average Bonchev–Trinajstić information content (AvgIpc) is 2.75. The molecule has 124 valence electrons. The standard InChI is InChI=1S/C16H21N3O3S/c1-11-9-18-16(20)13-5-3-6-14(15(11)13)23(21,22)19-8-4-7-17-10-12(19)2/h3,5-6,9,12,17H,4,7-8,10H2,1-2H3,(H,18,20)/t12-/m1/s1. The van der Waals surface area contributed by atoms with E-state index in [-0.39, 0.29) is 16.5 Å². The van der Waals surface area contributed by atoms with Crippen molar-refractivity contribution in [1.82, 2.24) is 14.6 Å².